The van der Waals surface area contributed by atoms with Gasteiger partial charge in [-0.1, -0.05) is 42.5 Å². The van der Waals surface area contributed by atoms with Crippen LogP contribution in [0.25, 0.3) is 17.2 Å². The van der Waals surface area contributed by atoms with Gasteiger partial charge in [0, 0.05) is 37.8 Å². The highest BCUT2D eigenvalue weighted by Gasteiger charge is 2.38. The highest BCUT2D eigenvalue weighted by atomic mass is 32.2. The third-order valence-corrected chi connectivity index (χ3v) is 7.53. The molecule has 0 aliphatic heterocycles. The Morgan fingerprint density at radius 1 is 0.917 bits per heavy atom. The molecule has 48 heavy (non-hydrogen) atoms. The molecule has 1 heterocycles. The van der Waals surface area contributed by atoms with Crippen molar-refractivity contribution in [3.63, 3.8) is 0 Å². The van der Waals surface area contributed by atoms with Crippen molar-refractivity contribution in [3.05, 3.63) is 120 Å². The zero-order valence-corrected chi connectivity index (χ0v) is 26.2. The third kappa shape index (κ3) is 11.8. The lowest BCUT2D eigenvalue weighted by molar-refractivity contribution is -0.192. The monoisotopic (exact) mass is 686 g/mol. The van der Waals surface area contributed by atoms with Gasteiger partial charge in [0.05, 0.1) is 11.2 Å². The zero-order valence-electron chi connectivity index (χ0n) is 25.4. The highest BCUT2D eigenvalue weighted by Crippen LogP contribution is 2.23. The minimum Gasteiger partial charge on any atom is -0.475 e. The number of hydrogen-bond acceptors (Lipinski definition) is 7. The number of halogens is 3. The fraction of sp³-hybridized carbons (Fsp3) is 0.182. The maximum Gasteiger partial charge on any atom is 0.490 e. The first-order valence-corrected chi connectivity index (χ1v) is 15.8. The van der Waals surface area contributed by atoms with Gasteiger partial charge < -0.3 is 25.5 Å². The van der Waals surface area contributed by atoms with Crippen molar-refractivity contribution in [1.82, 2.24) is 10.2 Å². The summed E-state index contributed by atoms with van der Waals surface area (Å²) >= 11 is 0. The molecule has 0 saturated carbocycles. The number of nitrogens with one attached hydrogen (secondary N) is 1. The van der Waals surface area contributed by atoms with E-state index in [1.807, 2.05) is 42.5 Å². The predicted molar refractivity (Wildman–Crippen MR) is 172 cm³/mol. The van der Waals surface area contributed by atoms with Crippen LogP contribution in [0.2, 0.25) is 0 Å². The van der Waals surface area contributed by atoms with E-state index in [9.17, 15) is 31.2 Å². The number of hydrogen-bond donors (Lipinski definition) is 4. The van der Waals surface area contributed by atoms with Crippen LogP contribution in [-0.2, 0) is 32.6 Å². The van der Waals surface area contributed by atoms with Gasteiger partial charge in [0.2, 0.25) is 15.9 Å². The molecule has 254 valence electrons. The standard InChI is InChI=1S/C31H32N4O5S.C2HF3O2/c32-16-17-34-31(37)27-7-2-6-26(21-27)25-5-1-4-24(20-25)22-35(30(36)14-11-28-8-3-19-40-28)18-15-23-9-12-29(13-10-23)41(33,38)39;3-2(4,5)1(6)7/h1-14,19-21H,15-18,22,32H2,(H,34,37)(H2,33,38,39);(H,6,7)/b14-11+;. The maximum atomic E-state index is 13.3. The highest BCUT2D eigenvalue weighted by molar-refractivity contribution is 7.89. The Bertz CT molecular complexity index is 1830. The van der Waals surface area contributed by atoms with Gasteiger partial charge in [-0.2, -0.15) is 13.2 Å². The van der Waals surface area contributed by atoms with Crippen LogP contribution in [0.3, 0.4) is 0 Å². The second-order valence-corrected chi connectivity index (χ2v) is 11.7. The van der Waals surface area contributed by atoms with E-state index in [1.165, 1.54) is 24.5 Å². The lowest BCUT2D eigenvalue weighted by atomic mass is 10.0. The Morgan fingerprint density at radius 3 is 2.15 bits per heavy atom. The minimum atomic E-state index is -5.08. The molecule has 0 radical (unpaired) electrons. The summed E-state index contributed by atoms with van der Waals surface area (Å²) in [5.74, 6) is -2.58. The van der Waals surface area contributed by atoms with Crippen molar-refractivity contribution in [2.75, 3.05) is 19.6 Å². The van der Waals surface area contributed by atoms with Crippen molar-refractivity contribution < 1.29 is 45.5 Å². The molecule has 0 spiro atoms. The number of rotatable bonds is 12. The lowest BCUT2D eigenvalue weighted by Gasteiger charge is -2.22. The number of benzene rings is 3. The van der Waals surface area contributed by atoms with Crippen molar-refractivity contribution in [2.24, 2.45) is 10.9 Å². The first-order valence-electron chi connectivity index (χ1n) is 14.3. The summed E-state index contributed by atoms with van der Waals surface area (Å²) < 4.78 is 60.2. The third-order valence-electron chi connectivity index (χ3n) is 6.60. The summed E-state index contributed by atoms with van der Waals surface area (Å²) in [6.45, 7) is 1.48. The van der Waals surface area contributed by atoms with E-state index in [2.05, 4.69) is 5.32 Å². The van der Waals surface area contributed by atoms with Gasteiger partial charge in [-0.05, 0) is 77.2 Å². The molecule has 4 aromatic rings. The molecule has 15 heteroatoms. The largest absolute Gasteiger partial charge is 0.490 e. The number of amides is 2. The van der Waals surface area contributed by atoms with Crippen LogP contribution in [0.4, 0.5) is 13.2 Å². The maximum absolute atomic E-state index is 13.3. The van der Waals surface area contributed by atoms with Crippen LogP contribution >= 0.6 is 0 Å². The smallest absolute Gasteiger partial charge is 0.475 e. The van der Waals surface area contributed by atoms with Crippen LogP contribution in [0, 0.1) is 0 Å². The Morgan fingerprint density at radius 2 is 1.56 bits per heavy atom. The predicted octanol–water partition coefficient (Wildman–Crippen LogP) is 4.20. The first-order chi connectivity index (χ1) is 22.7. The summed E-state index contributed by atoms with van der Waals surface area (Å²) in [5.41, 5.74) is 9.59. The molecule has 0 bridgehead atoms. The van der Waals surface area contributed by atoms with Crippen molar-refractivity contribution in [1.29, 1.82) is 0 Å². The Hall–Kier alpha value is -5.25. The molecule has 11 nitrogen and oxygen atoms in total. The number of nitrogens with zero attached hydrogens (tertiary/aromatic N) is 1. The van der Waals surface area contributed by atoms with Crippen molar-refractivity contribution >= 4 is 33.9 Å². The van der Waals surface area contributed by atoms with E-state index < -0.39 is 22.2 Å². The number of carbonyl (C=O) groups excluding carboxylic acids is 2. The van der Waals surface area contributed by atoms with Gasteiger partial charge in [-0.15, -0.1) is 0 Å². The molecular weight excluding hydrogens is 653 g/mol. The Kier molecular flexibility index (Phi) is 13.2. The van der Waals surface area contributed by atoms with Gasteiger partial charge in [0.15, 0.2) is 0 Å². The number of carboxylic acids is 1. The molecule has 0 fully saturated rings. The number of sulfonamides is 1. The van der Waals surface area contributed by atoms with Crippen LogP contribution in [0.5, 0.6) is 0 Å². The number of aliphatic carboxylic acids is 1. The molecule has 0 atom stereocenters. The Balaban J connectivity index is 0.000000804. The number of nitrogens with two attached hydrogens (primary N) is 2. The number of carboxylic acid groups (broad SMARTS) is 1. The number of alkyl halides is 3. The second-order valence-electron chi connectivity index (χ2n) is 10.2. The molecule has 0 unspecified atom stereocenters. The number of furan rings is 1. The molecular formula is C33H33F3N4O7S. The zero-order chi connectivity index (χ0) is 35.3. The molecule has 2 amide bonds. The molecule has 4 rings (SSSR count). The fourth-order valence-electron chi connectivity index (χ4n) is 4.22. The van der Waals surface area contributed by atoms with Gasteiger partial charge in [0.1, 0.15) is 5.76 Å². The summed E-state index contributed by atoms with van der Waals surface area (Å²) in [6.07, 6.45) is 0.0461. The second kappa shape index (κ2) is 17.1. The number of primary sulfonamides is 1. The van der Waals surface area contributed by atoms with Gasteiger partial charge >= 0.3 is 12.1 Å². The van der Waals surface area contributed by atoms with E-state index in [4.69, 9.17) is 25.2 Å². The van der Waals surface area contributed by atoms with E-state index in [-0.39, 0.29) is 16.7 Å². The van der Waals surface area contributed by atoms with Gasteiger partial charge in [0.25, 0.3) is 5.91 Å². The normalized spacial score (nSPS) is 11.4. The van der Waals surface area contributed by atoms with Crippen LogP contribution < -0.4 is 16.2 Å². The molecule has 0 aliphatic rings. The average molecular weight is 687 g/mol. The topological polar surface area (TPSA) is 186 Å². The van der Waals surface area contributed by atoms with E-state index >= 15 is 0 Å². The quantitative estimate of drug-likeness (QED) is 0.160. The lowest BCUT2D eigenvalue weighted by Crippen LogP contribution is -2.31. The summed E-state index contributed by atoms with van der Waals surface area (Å²) in [6, 6.07) is 25.0. The molecule has 6 N–H and O–H groups in total. The van der Waals surface area contributed by atoms with Gasteiger partial charge in [-0.3, -0.25) is 9.59 Å². The average Bonchev–Trinajstić information content (AvgIpc) is 3.58. The summed E-state index contributed by atoms with van der Waals surface area (Å²) in [5, 5.41) is 15.1. The van der Waals surface area contributed by atoms with E-state index in [0.29, 0.717) is 43.9 Å². The Labute approximate surface area is 274 Å². The molecule has 0 aliphatic carbocycles. The number of carbonyl (C=O) groups is 3. The van der Waals surface area contributed by atoms with Crippen LogP contribution in [0.15, 0.2) is 107 Å². The van der Waals surface area contributed by atoms with E-state index in [1.54, 1.807) is 41.3 Å². The molecule has 3 aromatic carbocycles. The van der Waals surface area contributed by atoms with Crippen LogP contribution in [-0.4, -0.2) is 62.0 Å². The van der Waals surface area contributed by atoms with Crippen molar-refractivity contribution in [3.8, 4) is 11.1 Å². The van der Waals surface area contributed by atoms with Gasteiger partial charge in [-0.25, -0.2) is 18.4 Å². The van der Waals surface area contributed by atoms with E-state index in [0.717, 1.165) is 22.3 Å². The minimum absolute atomic E-state index is 0.0355. The fourth-order valence-corrected chi connectivity index (χ4v) is 4.73. The first kappa shape index (κ1) is 37.2. The summed E-state index contributed by atoms with van der Waals surface area (Å²) in [4.78, 5) is 36.3. The molecule has 1 aromatic heterocycles. The SMILES string of the molecule is NCCNC(=O)c1cccc(-c2cccc(CN(CCc3ccc(S(N)(=O)=O)cc3)C(=O)/C=C/c3ccco3)c2)c1.O=C(O)C(F)(F)F. The van der Waals surface area contributed by atoms with Crippen molar-refractivity contribution in [2.45, 2.75) is 24.0 Å². The van der Waals surface area contributed by atoms with Crippen LogP contribution in [0.1, 0.15) is 27.2 Å². The summed E-state index contributed by atoms with van der Waals surface area (Å²) in [7, 11) is -3.78. The molecule has 0 saturated heterocycles.